The highest BCUT2D eigenvalue weighted by molar-refractivity contribution is 5.81. The summed E-state index contributed by atoms with van der Waals surface area (Å²) >= 11 is 0. The van der Waals surface area contributed by atoms with Gasteiger partial charge in [0, 0.05) is 12.3 Å². The maximum atomic E-state index is 6.81. The van der Waals surface area contributed by atoms with Crippen molar-refractivity contribution in [3.63, 3.8) is 0 Å². The van der Waals surface area contributed by atoms with Crippen molar-refractivity contribution in [1.29, 1.82) is 5.41 Å². The Balaban J connectivity index is 3.23. The van der Waals surface area contributed by atoms with Crippen molar-refractivity contribution in [1.82, 2.24) is 0 Å². The number of nitrogens with one attached hydrogen (secondary N) is 1. The number of unbranched alkanes of at least 4 members (excludes halogenated alkanes) is 2. The largest absolute Gasteiger partial charge is 0.313 e. The van der Waals surface area contributed by atoms with E-state index in [4.69, 9.17) is 5.41 Å². The van der Waals surface area contributed by atoms with Gasteiger partial charge in [0.05, 0.1) is 0 Å². The van der Waals surface area contributed by atoms with Gasteiger partial charge in [-0.1, -0.05) is 0 Å². The van der Waals surface area contributed by atoms with Crippen LogP contribution in [0.2, 0.25) is 0 Å². The van der Waals surface area contributed by atoms with E-state index in [1.807, 2.05) is 0 Å². The van der Waals surface area contributed by atoms with Gasteiger partial charge in [0.15, 0.2) is 0 Å². The molecular weight excluding hydrogens is 136 g/mol. The van der Waals surface area contributed by atoms with Crippen LogP contribution in [0.3, 0.4) is 0 Å². The van der Waals surface area contributed by atoms with Crippen LogP contribution >= 0.6 is 0 Å². The Morgan fingerprint density at radius 3 is 2.73 bits per heavy atom. The van der Waals surface area contributed by atoms with E-state index in [-0.39, 0.29) is 0 Å². The first-order valence-corrected chi connectivity index (χ1v) is 4.30. The molecule has 64 valence electrons. The predicted molar refractivity (Wildman–Crippen MR) is 50.9 cm³/mol. The Morgan fingerprint density at radius 1 is 1.45 bits per heavy atom. The van der Waals surface area contributed by atoms with Crippen LogP contribution < -0.4 is 0 Å². The van der Waals surface area contributed by atoms with Gasteiger partial charge in [0.1, 0.15) is 0 Å². The van der Waals surface area contributed by atoms with E-state index in [0.29, 0.717) is 0 Å². The van der Waals surface area contributed by atoms with Crippen LogP contribution in [0.4, 0.5) is 0 Å². The summed E-state index contributed by atoms with van der Waals surface area (Å²) in [6, 6.07) is 0. The fourth-order valence-corrected chi connectivity index (χ4v) is 0.976. The first-order valence-electron chi connectivity index (χ1n) is 4.30. The summed E-state index contributed by atoms with van der Waals surface area (Å²) in [7, 11) is 0. The predicted octanol–water partition coefficient (Wildman–Crippen LogP) is 2.68. The van der Waals surface area contributed by atoms with E-state index >= 15 is 0 Å². The maximum absolute atomic E-state index is 6.81. The van der Waals surface area contributed by atoms with Gasteiger partial charge in [-0.25, -0.2) is 0 Å². The molecule has 11 heavy (non-hydrogen) atoms. The standard InChI is InChI=1S/C9H18N2/c1-3-11-9(2)7-5-4-6-8-10/h8,10H,3-7H2,1-2H3. The second-order valence-corrected chi connectivity index (χ2v) is 2.66. The molecule has 1 N–H and O–H groups in total. The lowest BCUT2D eigenvalue weighted by atomic mass is 10.1. The Morgan fingerprint density at radius 2 is 2.18 bits per heavy atom. The SMILES string of the molecule is CCN=C(C)CCCCC=N. The number of nitrogens with zero attached hydrogens (tertiary/aromatic N) is 1. The molecule has 0 rings (SSSR count). The molecule has 0 fully saturated rings. The molecule has 0 aliphatic rings. The van der Waals surface area contributed by atoms with Crippen LogP contribution in [0.25, 0.3) is 0 Å². The number of hydrogen-bond acceptors (Lipinski definition) is 2. The fraction of sp³-hybridized carbons (Fsp3) is 0.778. The molecule has 0 aromatic heterocycles. The molecule has 0 atom stereocenters. The Kier molecular flexibility index (Phi) is 7.00. The average Bonchev–Trinajstić information content (AvgIpc) is 1.99. The first-order chi connectivity index (χ1) is 5.31. The van der Waals surface area contributed by atoms with Crippen molar-refractivity contribution < 1.29 is 0 Å². The molecule has 2 heteroatoms. The van der Waals surface area contributed by atoms with E-state index in [0.717, 1.165) is 25.8 Å². The van der Waals surface area contributed by atoms with E-state index in [9.17, 15) is 0 Å². The fourth-order valence-electron chi connectivity index (χ4n) is 0.976. The highest BCUT2D eigenvalue weighted by atomic mass is 14.7. The molecule has 0 saturated carbocycles. The molecule has 0 spiro atoms. The van der Waals surface area contributed by atoms with E-state index in [2.05, 4.69) is 18.8 Å². The van der Waals surface area contributed by atoms with Crippen LogP contribution in [0, 0.1) is 5.41 Å². The summed E-state index contributed by atoms with van der Waals surface area (Å²) in [5, 5.41) is 6.81. The Hall–Kier alpha value is -0.660. The molecule has 2 nitrogen and oxygen atoms in total. The third-order valence-electron chi connectivity index (χ3n) is 1.57. The normalized spacial score (nSPS) is 11.6. The van der Waals surface area contributed by atoms with E-state index in [1.54, 1.807) is 0 Å². The van der Waals surface area contributed by atoms with Gasteiger partial charge < -0.3 is 5.41 Å². The lowest BCUT2D eigenvalue weighted by molar-refractivity contribution is 0.795. The average molecular weight is 154 g/mol. The van der Waals surface area contributed by atoms with Gasteiger partial charge in [-0.05, 0) is 45.7 Å². The van der Waals surface area contributed by atoms with Crippen molar-refractivity contribution in [2.75, 3.05) is 6.54 Å². The Labute approximate surface area is 69.2 Å². The van der Waals surface area contributed by atoms with Gasteiger partial charge in [-0.3, -0.25) is 4.99 Å². The zero-order valence-corrected chi connectivity index (χ0v) is 7.56. The molecule has 0 aromatic carbocycles. The summed E-state index contributed by atoms with van der Waals surface area (Å²) in [4.78, 5) is 4.28. The van der Waals surface area contributed by atoms with Crippen molar-refractivity contribution >= 4 is 11.9 Å². The lowest BCUT2D eigenvalue weighted by Gasteiger charge is -1.97. The summed E-state index contributed by atoms with van der Waals surface area (Å²) in [5.41, 5.74) is 1.25. The minimum Gasteiger partial charge on any atom is -0.313 e. The van der Waals surface area contributed by atoms with Crippen LogP contribution in [0.15, 0.2) is 4.99 Å². The number of hydrogen-bond donors (Lipinski definition) is 1. The molecule has 0 unspecified atom stereocenters. The molecule has 0 amide bonds. The van der Waals surface area contributed by atoms with E-state index in [1.165, 1.54) is 18.3 Å². The summed E-state index contributed by atoms with van der Waals surface area (Å²) in [6.45, 7) is 5.03. The van der Waals surface area contributed by atoms with Crippen LogP contribution in [-0.2, 0) is 0 Å². The zero-order valence-electron chi connectivity index (χ0n) is 7.56. The van der Waals surface area contributed by atoms with Crippen molar-refractivity contribution in [3.05, 3.63) is 0 Å². The van der Waals surface area contributed by atoms with Crippen LogP contribution in [0.5, 0.6) is 0 Å². The molecule has 0 saturated heterocycles. The topological polar surface area (TPSA) is 36.2 Å². The highest BCUT2D eigenvalue weighted by Gasteiger charge is 1.90. The molecule has 0 radical (unpaired) electrons. The van der Waals surface area contributed by atoms with Crippen LogP contribution in [-0.4, -0.2) is 18.5 Å². The number of aliphatic imine (C=N–C) groups is 1. The molecule has 0 heterocycles. The van der Waals surface area contributed by atoms with Gasteiger partial charge >= 0.3 is 0 Å². The zero-order chi connectivity index (χ0) is 8.53. The minimum atomic E-state index is 0.899. The summed E-state index contributed by atoms with van der Waals surface area (Å²) in [6.07, 6.45) is 5.79. The smallest absolute Gasteiger partial charge is 0.0360 e. The second-order valence-electron chi connectivity index (χ2n) is 2.66. The molecule has 0 aliphatic carbocycles. The van der Waals surface area contributed by atoms with Gasteiger partial charge in [0.2, 0.25) is 0 Å². The minimum absolute atomic E-state index is 0.899. The van der Waals surface area contributed by atoms with Gasteiger partial charge in [-0.15, -0.1) is 0 Å². The quantitative estimate of drug-likeness (QED) is 0.451. The monoisotopic (exact) mass is 154 g/mol. The van der Waals surface area contributed by atoms with Crippen molar-refractivity contribution in [3.8, 4) is 0 Å². The van der Waals surface area contributed by atoms with Gasteiger partial charge in [-0.2, -0.15) is 0 Å². The van der Waals surface area contributed by atoms with Crippen molar-refractivity contribution in [2.24, 2.45) is 4.99 Å². The van der Waals surface area contributed by atoms with E-state index < -0.39 is 0 Å². The molecule has 0 bridgehead atoms. The third-order valence-corrected chi connectivity index (χ3v) is 1.57. The molecule has 0 aliphatic heterocycles. The second kappa shape index (κ2) is 7.45. The van der Waals surface area contributed by atoms with Crippen molar-refractivity contribution in [2.45, 2.75) is 39.5 Å². The van der Waals surface area contributed by atoms with Crippen LogP contribution in [0.1, 0.15) is 39.5 Å². The van der Waals surface area contributed by atoms with Gasteiger partial charge in [0.25, 0.3) is 0 Å². The summed E-state index contributed by atoms with van der Waals surface area (Å²) < 4.78 is 0. The molecule has 0 aromatic rings. The Bertz CT molecular complexity index is 128. The summed E-state index contributed by atoms with van der Waals surface area (Å²) in [5.74, 6) is 0. The highest BCUT2D eigenvalue weighted by Crippen LogP contribution is 1.99. The number of rotatable bonds is 6. The first kappa shape index (κ1) is 10.3. The maximum Gasteiger partial charge on any atom is 0.0360 e. The third kappa shape index (κ3) is 7.23. The lowest BCUT2D eigenvalue weighted by Crippen LogP contribution is -1.92. The molecular formula is C9H18N2.